The van der Waals surface area contributed by atoms with Crippen molar-refractivity contribution in [1.29, 1.82) is 10.5 Å². The largest absolute Gasteiger partial charge is 0.396 e. The third kappa shape index (κ3) is 3.20. The number of fused-ring (bicyclic) bond motifs is 3. The number of nitrogens with zero attached hydrogens (tertiary/aromatic N) is 3. The van der Waals surface area contributed by atoms with Gasteiger partial charge >= 0.3 is 0 Å². The molecule has 0 aliphatic rings. The number of nitrogens with two attached hydrogens (primary N) is 1. The minimum absolute atomic E-state index is 0.407. The lowest BCUT2D eigenvalue weighted by molar-refractivity contribution is 1.36. The predicted molar refractivity (Wildman–Crippen MR) is 126 cm³/mol. The van der Waals surface area contributed by atoms with Gasteiger partial charge in [0.15, 0.2) is 0 Å². The number of nitriles is 2. The minimum atomic E-state index is 0.407. The van der Waals surface area contributed by atoms with Crippen LogP contribution in [0.2, 0.25) is 0 Å². The number of rotatable bonds is 2. The molecule has 0 aromatic heterocycles. The summed E-state index contributed by atoms with van der Waals surface area (Å²) in [5.41, 5.74) is 11.0. The molecule has 0 saturated carbocycles. The van der Waals surface area contributed by atoms with E-state index in [1.54, 1.807) is 18.3 Å². The summed E-state index contributed by atoms with van der Waals surface area (Å²) in [6.45, 7) is 3.89. The van der Waals surface area contributed by atoms with Crippen LogP contribution in [-0.4, -0.2) is 6.21 Å². The summed E-state index contributed by atoms with van der Waals surface area (Å²) < 4.78 is 0.977. The fourth-order valence-electron chi connectivity index (χ4n) is 3.71. The Labute approximate surface area is 183 Å². The molecule has 0 fully saturated rings. The molecular weight excluding hydrogens is 436 g/mol. The zero-order valence-electron chi connectivity index (χ0n) is 16.5. The van der Waals surface area contributed by atoms with Crippen molar-refractivity contribution in [2.24, 2.45) is 4.99 Å². The first-order valence-electron chi connectivity index (χ1n) is 9.33. The third-order valence-electron chi connectivity index (χ3n) is 5.26. The Hall–Kier alpha value is -3.67. The molecule has 30 heavy (non-hydrogen) atoms. The predicted octanol–water partition coefficient (Wildman–Crippen LogP) is 6.45. The van der Waals surface area contributed by atoms with Crippen LogP contribution in [0.4, 0.5) is 11.4 Å². The summed E-state index contributed by atoms with van der Waals surface area (Å²) >= 11 is 3.55. The Morgan fingerprint density at radius 3 is 2.37 bits per heavy atom. The lowest BCUT2D eigenvalue weighted by Crippen LogP contribution is -1.97. The monoisotopic (exact) mass is 452 g/mol. The average molecular weight is 453 g/mol. The van der Waals surface area contributed by atoms with E-state index in [2.05, 4.69) is 40.2 Å². The normalized spacial score (nSPS) is 11.1. The first-order chi connectivity index (χ1) is 14.4. The van der Waals surface area contributed by atoms with E-state index in [1.165, 1.54) is 0 Å². The van der Waals surface area contributed by atoms with Gasteiger partial charge in [0.1, 0.15) is 6.07 Å². The van der Waals surface area contributed by atoms with Gasteiger partial charge < -0.3 is 5.73 Å². The molecule has 0 unspecified atom stereocenters. The van der Waals surface area contributed by atoms with E-state index in [0.29, 0.717) is 28.1 Å². The van der Waals surface area contributed by atoms with E-state index in [4.69, 9.17) is 10.7 Å². The van der Waals surface area contributed by atoms with Gasteiger partial charge in [0.25, 0.3) is 0 Å². The maximum Gasteiger partial charge on any atom is 0.100 e. The summed E-state index contributed by atoms with van der Waals surface area (Å²) in [5, 5.41) is 23.0. The van der Waals surface area contributed by atoms with E-state index in [9.17, 15) is 10.5 Å². The van der Waals surface area contributed by atoms with E-state index in [-0.39, 0.29) is 0 Å². The molecule has 5 heteroatoms. The number of benzene rings is 4. The second-order valence-electron chi connectivity index (χ2n) is 7.20. The smallest absolute Gasteiger partial charge is 0.100 e. The summed E-state index contributed by atoms with van der Waals surface area (Å²) in [6.07, 6.45) is 1.58. The van der Waals surface area contributed by atoms with Gasteiger partial charge in [-0.1, -0.05) is 51.8 Å². The van der Waals surface area contributed by atoms with E-state index in [1.807, 2.05) is 38.1 Å². The first-order valence-corrected chi connectivity index (χ1v) is 10.1. The molecule has 0 heterocycles. The second kappa shape index (κ2) is 7.63. The molecule has 0 amide bonds. The number of halogens is 1. The number of aliphatic imine (C=N–C) groups is 1. The van der Waals surface area contributed by atoms with Crippen molar-refractivity contribution >= 4 is 55.1 Å². The van der Waals surface area contributed by atoms with Crippen LogP contribution >= 0.6 is 15.9 Å². The number of anilines is 1. The molecule has 144 valence electrons. The molecule has 0 radical (unpaired) electrons. The molecule has 4 nitrogen and oxygen atoms in total. The van der Waals surface area contributed by atoms with Gasteiger partial charge in [-0.2, -0.15) is 10.5 Å². The summed E-state index contributed by atoms with van der Waals surface area (Å²) in [4.78, 5) is 4.70. The van der Waals surface area contributed by atoms with E-state index < -0.39 is 0 Å². The van der Waals surface area contributed by atoms with Crippen molar-refractivity contribution in [1.82, 2.24) is 0 Å². The Kier molecular flexibility index (Phi) is 4.99. The van der Waals surface area contributed by atoms with Crippen molar-refractivity contribution in [3.05, 3.63) is 80.8 Å². The molecule has 0 saturated heterocycles. The van der Waals surface area contributed by atoms with Crippen molar-refractivity contribution in [2.75, 3.05) is 5.73 Å². The molecule has 0 spiro atoms. The quantitative estimate of drug-likeness (QED) is 0.215. The zero-order chi connectivity index (χ0) is 21.4. The molecule has 0 atom stereocenters. The van der Waals surface area contributed by atoms with Gasteiger partial charge in [0.05, 0.1) is 28.6 Å². The minimum Gasteiger partial charge on any atom is -0.396 e. The molecule has 2 N–H and O–H groups in total. The van der Waals surface area contributed by atoms with Crippen LogP contribution in [0.25, 0.3) is 21.5 Å². The SMILES string of the molecule is Cc1ccc2c(N=Cc3c(C#N)ccc(C)c3C#N)c(N)c3ccc(Br)cc3c2c1. The number of nitrogen functional groups attached to an aromatic ring is 1. The summed E-state index contributed by atoms with van der Waals surface area (Å²) in [7, 11) is 0. The van der Waals surface area contributed by atoms with Crippen molar-refractivity contribution in [3.63, 3.8) is 0 Å². The molecule has 4 aromatic rings. The van der Waals surface area contributed by atoms with Gasteiger partial charge in [-0.05, 0) is 48.4 Å². The topological polar surface area (TPSA) is 86.0 Å². The number of hydrogen-bond acceptors (Lipinski definition) is 4. The first kappa shape index (κ1) is 19.6. The number of aryl methyl sites for hydroxylation is 2. The fourth-order valence-corrected chi connectivity index (χ4v) is 4.07. The van der Waals surface area contributed by atoms with Gasteiger partial charge in [-0.3, -0.25) is 4.99 Å². The molecule has 0 aliphatic carbocycles. The Balaban J connectivity index is 2.05. The average Bonchev–Trinajstić information content (AvgIpc) is 2.74. The van der Waals surface area contributed by atoms with Crippen LogP contribution in [0.1, 0.15) is 27.8 Å². The van der Waals surface area contributed by atoms with Crippen LogP contribution in [0.15, 0.2) is 58.0 Å². The van der Waals surface area contributed by atoms with Crippen LogP contribution in [0.3, 0.4) is 0 Å². The molecule has 4 rings (SSSR count). The zero-order valence-corrected chi connectivity index (χ0v) is 18.1. The lowest BCUT2D eigenvalue weighted by Gasteiger charge is -2.13. The van der Waals surface area contributed by atoms with Gasteiger partial charge in [-0.25, -0.2) is 0 Å². The molecular formula is C25H17BrN4. The van der Waals surface area contributed by atoms with Gasteiger partial charge in [0.2, 0.25) is 0 Å². The summed E-state index contributed by atoms with van der Waals surface area (Å²) in [5.74, 6) is 0. The Morgan fingerprint density at radius 2 is 1.63 bits per heavy atom. The van der Waals surface area contributed by atoms with Crippen LogP contribution in [-0.2, 0) is 0 Å². The summed E-state index contributed by atoms with van der Waals surface area (Å²) in [6, 6.07) is 20.0. The highest BCUT2D eigenvalue weighted by atomic mass is 79.9. The lowest BCUT2D eigenvalue weighted by atomic mass is 9.96. The number of hydrogen-bond donors (Lipinski definition) is 1. The van der Waals surface area contributed by atoms with Crippen molar-refractivity contribution in [3.8, 4) is 12.1 Å². The third-order valence-corrected chi connectivity index (χ3v) is 5.75. The highest BCUT2D eigenvalue weighted by Gasteiger charge is 2.14. The highest BCUT2D eigenvalue weighted by Crippen LogP contribution is 2.41. The molecule has 4 aromatic carbocycles. The Morgan fingerprint density at radius 1 is 0.900 bits per heavy atom. The molecule has 0 bridgehead atoms. The maximum atomic E-state index is 9.59. The van der Waals surface area contributed by atoms with Crippen LogP contribution in [0, 0.1) is 36.5 Å². The van der Waals surface area contributed by atoms with Crippen molar-refractivity contribution in [2.45, 2.75) is 13.8 Å². The highest BCUT2D eigenvalue weighted by molar-refractivity contribution is 9.10. The van der Waals surface area contributed by atoms with Gasteiger partial charge in [-0.15, -0.1) is 0 Å². The second-order valence-corrected chi connectivity index (χ2v) is 8.12. The Bertz CT molecular complexity index is 1450. The maximum absolute atomic E-state index is 9.59. The fraction of sp³-hybridized carbons (Fsp3) is 0.0800. The van der Waals surface area contributed by atoms with Crippen LogP contribution in [0.5, 0.6) is 0 Å². The molecule has 0 aliphatic heterocycles. The van der Waals surface area contributed by atoms with Crippen LogP contribution < -0.4 is 5.73 Å². The van der Waals surface area contributed by atoms with Crippen molar-refractivity contribution < 1.29 is 0 Å². The van der Waals surface area contributed by atoms with E-state index >= 15 is 0 Å². The van der Waals surface area contributed by atoms with E-state index in [0.717, 1.165) is 37.1 Å². The standard InChI is InChI=1S/C25H17BrN4/c1-14-3-7-19-20(9-14)21-10-17(26)6-8-18(21)24(29)25(19)30-13-23-16(11-27)5-4-15(2)22(23)12-28/h3-10,13H,29H2,1-2H3. The van der Waals surface area contributed by atoms with Gasteiger partial charge in [0, 0.05) is 27.0 Å².